The number of amides is 2. The SMILES string of the molecule is COC(=O)c1cc(CNC(=O)c2ccc(CN3CCCC3=O)cc2)oc1C. The second kappa shape index (κ2) is 8.07. The second-order valence-corrected chi connectivity index (χ2v) is 6.47. The number of furan rings is 1. The first-order valence-corrected chi connectivity index (χ1v) is 8.80. The van der Waals surface area contributed by atoms with E-state index in [0.717, 1.165) is 18.5 Å². The van der Waals surface area contributed by atoms with Gasteiger partial charge in [0.2, 0.25) is 5.91 Å². The highest BCUT2D eigenvalue weighted by Gasteiger charge is 2.20. The van der Waals surface area contributed by atoms with Gasteiger partial charge in [0.15, 0.2) is 0 Å². The summed E-state index contributed by atoms with van der Waals surface area (Å²) in [4.78, 5) is 37.4. The van der Waals surface area contributed by atoms with Crippen molar-refractivity contribution in [3.8, 4) is 0 Å². The summed E-state index contributed by atoms with van der Waals surface area (Å²) in [5.41, 5.74) is 1.86. The summed E-state index contributed by atoms with van der Waals surface area (Å²) in [6, 6.07) is 8.74. The number of methoxy groups -OCH3 is 1. The van der Waals surface area contributed by atoms with E-state index in [9.17, 15) is 14.4 Å². The van der Waals surface area contributed by atoms with Gasteiger partial charge >= 0.3 is 5.97 Å². The molecule has 3 rings (SSSR count). The van der Waals surface area contributed by atoms with Gasteiger partial charge in [-0.3, -0.25) is 9.59 Å². The van der Waals surface area contributed by atoms with Gasteiger partial charge in [-0.05, 0) is 37.1 Å². The third kappa shape index (κ3) is 4.36. The number of aryl methyl sites for hydroxylation is 1. The molecule has 2 heterocycles. The van der Waals surface area contributed by atoms with Gasteiger partial charge in [0.1, 0.15) is 17.1 Å². The Bertz CT molecular complexity index is 854. The smallest absolute Gasteiger partial charge is 0.341 e. The van der Waals surface area contributed by atoms with E-state index >= 15 is 0 Å². The van der Waals surface area contributed by atoms with Crippen molar-refractivity contribution >= 4 is 17.8 Å². The van der Waals surface area contributed by atoms with Crippen molar-refractivity contribution in [3.05, 3.63) is 58.5 Å². The minimum atomic E-state index is -0.471. The Morgan fingerprint density at radius 2 is 2.00 bits per heavy atom. The molecular formula is C20H22N2O5. The summed E-state index contributed by atoms with van der Waals surface area (Å²) >= 11 is 0. The van der Waals surface area contributed by atoms with Gasteiger partial charge in [-0.2, -0.15) is 0 Å². The molecule has 0 spiro atoms. The van der Waals surface area contributed by atoms with Crippen molar-refractivity contribution < 1.29 is 23.5 Å². The topological polar surface area (TPSA) is 88.9 Å². The van der Waals surface area contributed by atoms with Crippen LogP contribution in [0, 0.1) is 6.92 Å². The Morgan fingerprint density at radius 3 is 2.63 bits per heavy atom. The first-order valence-electron chi connectivity index (χ1n) is 8.80. The Morgan fingerprint density at radius 1 is 1.26 bits per heavy atom. The third-order valence-electron chi connectivity index (χ3n) is 4.56. The minimum Gasteiger partial charge on any atom is -0.465 e. The summed E-state index contributed by atoms with van der Waals surface area (Å²) in [6.07, 6.45) is 1.52. The number of hydrogen-bond donors (Lipinski definition) is 1. The molecule has 0 atom stereocenters. The highest BCUT2D eigenvalue weighted by Crippen LogP contribution is 2.17. The fourth-order valence-electron chi connectivity index (χ4n) is 3.07. The fourth-order valence-corrected chi connectivity index (χ4v) is 3.07. The van der Waals surface area contributed by atoms with Crippen LogP contribution in [-0.4, -0.2) is 36.3 Å². The zero-order valence-corrected chi connectivity index (χ0v) is 15.4. The predicted octanol–water partition coefficient (Wildman–Crippen LogP) is 2.43. The van der Waals surface area contributed by atoms with Gasteiger partial charge in [-0.25, -0.2) is 4.79 Å². The molecule has 1 fully saturated rings. The summed E-state index contributed by atoms with van der Waals surface area (Å²) in [5.74, 6) is 0.391. The molecule has 2 aromatic rings. The second-order valence-electron chi connectivity index (χ2n) is 6.47. The highest BCUT2D eigenvalue weighted by atomic mass is 16.5. The van der Waals surface area contributed by atoms with Crippen molar-refractivity contribution in [1.82, 2.24) is 10.2 Å². The number of ether oxygens (including phenoxy) is 1. The first-order chi connectivity index (χ1) is 13.0. The van der Waals surface area contributed by atoms with Gasteiger partial charge in [-0.1, -0.05) is 12.1 Å². The van der Waals surface area contributed by atoms with E-state index in [1.54, 1.807) is 25.1 Å². The quantitative estimate of drug-likeness (QED) is 0.789. The van der Waals surface area contributed by atoms with Gasteiger partial charge in [0.25, 0.3) is 5.91 Å². The summed E-state index contributed by atoms with van der Waals surface area (Å²) in [5, 5.41) is 2.76. The van der Waals surface area contributed by atoms with Crippen molar-refractivity contribution in [3.63, 3.8) is 0 Å². The van der Waals surface area contributed by atoms with E-state index in [-0.39, 0.29) is 18.4 Å². The van der Waals surface area contributed by atoms with Crippen LogP contribution < -0.4 is 5.32 Å². The Kier molecular flexibility index (Phi) is 5.59. The maximum Gasteiger partial charge on any atom is 0.341 e. The molecule has 0 unspecified atom stereocenters. The number of hydrogen-bond acceptors (Lipinski definition) is 5. The Hall–Kier alpha value is -3.09. The molecule has 142 valence electrons. The third-order valence-corrected chi connectivity index (χ3v) is 4.56. The molecule has 7 nitrogen and oxygen atoms in total. The highest BCUT2D eigenvalue weighted by molar-refractivity contribution is 5.94. The number of rotatable bonds is 6. The van der Waals surface area contributed by atoms with Crippen LogP contribution in [0.3, 0.4) is 0 Å². The van der Waals surface area contributed by atoms with Crippen LogP contribution in [0.5, 0.6) is 0 Å². The molecule has 1 aliphatic rings. The Balaban J connectivity index is 1.56. The number of likely N-dealkylation sites (tertiary alicyclic amines) is 1. The molecule has 0 aliphatic carbocycles. The predicted molar refractivity (Wildman–Crippen MR) is 97.0 cm³/mol. The zero-order valence-electron chi connectivity index (χ0n) is 15.4. The molecule has 0 saturated carbocycles. The van der Waals surface area contributed by atoms with Crippen LogP contribution in [0.2, 0.25) is 0 Å². The maximum atomic E-state index is 12.3. The van der Waals surface area contributed by atoms with Crippen LogP contribution in [0.25, 0.3) is 0 Å². The minimum absolute atomic E-state index is 0.167. The molecule has 2 amide bonds. The van der Waals surface area contributed by atoms with E-state index in [1.165, 1.54) is 7.11 Å². The van der Waals surface area contributed by atoms with Crippen LogP contribution in [0.15, 0.2) is 34.7 Å². The zero-order chi connectivity index (χ0) is 19.4. The molecule has 1 aromatic carbocycles. The van der Waals surface area contributed by atoms with E-state index in [0.29, 0.717) is 35.6 Å². The number of carbonyl (C=O) groups is 3. The molecule has 27 heavy (non-hydrogen) atoms. The summed E-state index contributed by atoms with van der Waals surface area (Å²) in [6.45, 7) is 3.20. The number of nitrogens with one attached hydrogen (secondary N) is 1. The van der Waals surface area contributed by atoms with Gasteiger partial charge in [0, 0.05) is 25.1 Å². The number of esters is 1. The lowest BCUT2D eigenvalue weighted by Crippen LogP contribution is -2.24. The lowest BCUT2D eigenvalue weighted by atomic mass is 10.1. The van der Waals surface area contributed by atoms with Crippen LogP contribution in [0.1, 0.15) is 50.6 Å². The van der Waals surface area contributed by atoms with E-state index in [1.807, 2.05) is 17.0 Å². The maximum absolute atomic E-state index is 12.3. The lowest BCUT2D eigenvalue weighted by Gasteiger charge is -2.15. The largest absolute Gasteiger partial charge is 0.465 e. The van der Waals surface area contributed by atoms with Crippen molar-refractivity contribution in [2.24, 2.45) is 0 Å². The van der Waals surface area contributed by atoms with Crippen molar-refractivity contribution in [2.45, 2.75) is 32.9 Å². The molecular weight excluding hydrogens is 348 g/mol. The molecule has 1 N–H and O–H groups in total. The molecule has 7 heteroatoms. The monoisotopic (exact) mass is 370 g/mol. The number of benzene rings is 1. The fraction of sp³-hybridized carbons (Fsp3) is 0.350. The normalized spacial score (nSPS) is 13.7. The van der Waals surface area contributed by atoms with Gasteiger partial charge < -0.3 is 19.4 Å². The number of nitrogens with zero attached hydrogens (tertiary/aromatic N) is 1. The molecule has 1 aliphatic heterocycles. The molecule has 1 aromatic heterocycles. The first kappa shape index (κ1) is 18.7. The average molecular weight is 370 g/mol. The van der Waals surface area contributed by atoms with E-state index < -0.39 is 5.97 Å². The molecule has 1 saturated heterocycles. The van der Waals surface area contributed by atoms with E-state index in [4.69, 9.17) is 4.42 Å². The van der Waals surface area contributed by atoms with Gasteiger partial charge in [-0.15, -0.1) is 0 Å². The summed E-state index contributed by atoms with van der Waals surface area (Å²) in [7, 11) is 1.31. The number of carbonyl (C=O) groups excluding carboxylic acids is 3. The Labute approximate surface area is 157 Å². The van der Waals surface area contributed by atoms with Gasteiger partial charge in [0.05, 0.1) is 13.7 Å². The molecule has 0 radical (unpaired) electrons. The van der Waals surface area contributed by atoms with E-state index in [2.05, 4.69) is 10.1 Å². The van der Waals surface area contributed by atoms with Crippen LogP contribution in [-0.2, 0) is 22.6 Å². The summed E-state index contributed by atoms with van der Waals surface area (Å²) < 4.78 is 10.2. The van der Waals surface area contributed by atoms with Crippen LogP contribution >= 0.6 is 0 Å². The van der Waals surface area contributed by atoms with Crippen molar-refractivity contribution in [2.75, 3.05) is 13.7 Å². The average Bonchev–Trinajstić information content (AvgIpc) is 3.25. The van der Waals surface area contributed by atoms with Crippen LogP contribution in [0.4, 0.5) is 0 Å². The lowest BCUT2D eigenvalue weighted by molar-refractivity contribution is -0.128. The standard InChI is InChI=1S/C20H22N2O5/c1-13-17(20(25)26-2)10-16(27-13)11-21-19(24)15-7-5-14(6-8-15)12-22-9-3-4-18(22)23/h5-8,10H,3-4,9,11-12H2,1-2H3,(H,21,24). The van der Waals surface area contributed by atoms with Crippen molar-refractivity contribution in [1.29, 1.82) is 0 Å². The molecule has 0 bridgehead atoms.